The fourth-order valence-electron chi connectivity index (χ4n) is 4.16. The summed E-state index contributed by atoms with van der Waals surface area (Å²) in [5, 5.41) is 0. The molecule has 0 aliphatic carbocycles. The average molecular weight is 342 g/mol. The Kier molecular flexibility index (Phi) is 4.61. The van der Waals surface area contributed by atoms with E-state index in [1.165, 1.54) is 10.6 Å². The predicted molar refractivity (Wildman–Crippen MR) is 96.5 cm³/mol. The van der Waals surface area contributed by atoms with Crippen molar-refractivity contribution in [3.05, 3.63) is 30.3 Å². The van der Waals surface area contributed by atoms with Gasteiger partial charge < -0.3 is 9.80 Å². The molecule has 25 heavy (non-hydrogen) atoms. The number of amides is 3. The number of piperidine rings is 1. The summed E-state index contributed by atoms with van der Waals surface area (Å²) < 4.78 is 0. The number of carbonyl (C=O) groups is 2. The first-order valence-electron chi connectivity index (χ1n) is 9.38. The van der Waals surface area contributed by atoms with E-state index in [1.54, 1.807) is 4.90 Å². The number of piperazine rings is 1. The Morgan fingerprint density at radius 3 is 2.36 bits per heavy atom. The van der Waals surface area contributed by atoms with Crippen molar-refractivity contribution in [2.24, 2.45) is 0 Å². The number of anilines is 1. The van der Waals surface area contributed by atoms with Gasteiger partial charge in [-0.2, -0.15) is 0 Å². The first-order chi connectivity index (χ1) is 12.2. The van der Waals surface area contributed by atoms with Crippen LogP contribution in [0.5, 0.6) is 0 Å². The van der Waals surface area contributed by atoms with Crippen LogP contribution in [0.15, 0.2) is 30.3 Å². The molecule has 4 rings (SSSR count). The Labute approximate surface area is 149 Å². The molecule has 6 heteroatoms. The summed E-state index contributed by atoms with van der Waals surface area (Å²) in [7, 11) is 0. The maximum atomic E-state index is 12.5. The molecule has 6 nitrogen and oxygen atoms in total. The Balaban J connectivity index is 1.28. The van der Waals surface area contributed by atoms with Crippen LogP contribution in [0.25, 0.3) is 0 Å². The van der Waals surface area contributed by atoms with Crippen LogP contribution in [-0.4, -0.2) is 78.5 Å². The molecule has 3 aliphatic rings. The summed E-state index contributed by atoms with van der Waals surface area (Å²) in [5.74, 6) is 0.0209. The van der Waals surface area contributed by atoms with Crippen LogP contribution in [0.1, 0.15) is 19.3 Å². The Morgan fingerprint density at radius 1 is 0.880 bits per heavy atom. The van der Waals surface area contributed by atoms with Crippen molar-refractivity contribution in [1.82, 2.24) is 14.7 Å². The molecule has 3 amide bonds. The summed E-state index contributed by atoms with van der Waals surface area (Å²) >= 11 is 0. The molecule has 0 bridgehead atoms. The Bertz CT molecular complexity index is 604. The maximum absolute atomic E-state index is 12.5. The quantitative estimate of drug-likeness (QED) is 0.780. The van der Waals surface area contributed by atoms with Gasteiger partial charge >= 0.3 is 6.03 Å². The largest absolute Gasteiger partial charge is 0.369 e. The smallest absolute Gasteiger partial charge is 0.327 e. The zero-order chi connectivity index (χ0) is 17.2. The fourth-order valence-corrected chi connectivity index (χ4v) is 4.16. The van der Waals surface area contributed by atoms with Crippen molar-refractivity contribution in [2.45, 2.75) is 25.3 Å². The molecular weight excluding hydrogens is 316 g/mol. The van der Waals surface area contributed by atoms with Gasteiger partial charge in [0, 0.05) is 51.5 Å². The second-order valence-electron chi connectivity index (χ2n) is 7.14. The summed E-state index contributed by atoms with van der Waals surface area (Å²) in [5.41, 5.74) is 1.27. The van der Waals surface area contributed by atoms with Gasteiger partial charge in [0.1, 0.15) is 6.04 Å². The molecule has 0 aromatic heterocycles. The van der Waals surface area contributed by atoms with E-state index < -0.39 is 0 Å². The van der Waals surface area contributed by atoms with E-state index in [2.05, 4.69) is 34.1 Å². The van der Waals surface area contributed by atoms with E-state index in [1.807, 2.05) is 6.07 Å². The minimum Gasteiger partial charge on any atom is -0.369 e. The number of benzene rings is 1. The molecule has 1 aromatic rings. The van der Waals surface area contributed by atoms with Gasteiger partial charge in [-0.15, -0.1) is 0 Å². The van der Waals surface area contributed by atoms with Crippen LogP contribution in [0.2, 0.25) is 0 Å². The second kappa shape index (κ2) is 7.04. The zero-order valence-electron chi connectivity index (χ0n) is 14.6. The van der Waals surface area contributed by atoms with Gasteiger partial charge in [-0.25, -0.2) is 4.79 Å². The summed E-state index contributed by atoms with van der Waals surface area (Å²) in [4.78, 5) is 33.0. The highest BCUT2D eigenvalue weighted by Crippen LogP contribution is 2.26. The van der Waals surface area contributed by atoms with Gasteiger partial charge in [0.05, 0.1) is 0 Å². The third-order valence-electron chi connectivity index (χ3n) is 5.66. The molecule has 0 spiro atoms. The lowest BCUT2D eigenvalue weighted by atomic mass is 10.0. The maximum Gasteiger partial charge on any atom is 0.327 e. The third kappa shape index (κ3) is 3.23. The molecule has 1 aromatic carbocycles. The summed E-state index contributed by atoms with van der Waals surface area (Å²) in [6.07, 6.45) is 2.90. The van der Waals surface area contributed by atoms with Crippen LogP contribution in [-0.2, 0) is 4.79 Å². The fraction of sp³-hybridized carbons (Fsp3) is 0.579. The third-order valence-corrected chi connectivity index (χ3v) is 5.66. The normalized spacial score (nSPS) is 24.8. The van der Waals surface area contributed by atoms with Gasteiger partial charge in [-0.05, 0) is 31.4 Å². The van der Waals surface area contributed by atoms with E-state index in [0.717, 1.165) is 58.5 Å². The predicted octanol–water partition coefficient (Wildman–Crippen LogP) is 1.63. The molecule has 1 atom stereocenters. The Hall–Kier alpha value is -2.08. The standard InChI is InChI=1S/C19H26N4O2/c24-18-17-8-4-5-9-22(17)19(25)23(18)15-12-20-10-13-21(14-11-20)16-6-2-1-3-7-16/h1-3,6-7,17H,4-5,8-15H2/t17-/m1/s1. The molecule has 3 fully saturated rings. The summed E-state index contributed by atoms with van der Waals surface area (Å²) in [6.45, 7) is 5.95. The lowest BCUT2D eigenvalue weighted by Crippen LogP contribution is -2.49. The number of urea groups is 1. The molecule has 0 radical (unpaired) electrons. The van der Waals surface area contributed by atoms with Gasteiger partial charge in [0.2, 0.25) is 0 Å². The number of fused-ring (bicyclic) bond motifs is 1. The summed E-state index contributed by atoms with van der Waals surface area (Å²) in [6, 6.07) is 10.2. The number of hydrogen-bond donors (Lipinski definition) is 0. The molecular formula is C19H26N4O2. The number of carbonyl (C=O) groups excluding carboxylic acids is 2. The van der Waals surface area contributed by atoms with Gasteiger partial charge in [-0.1, -0.05) is 18.2 Å². The van der Waals surface area contributed by atoms with Crippen LogP contribution in [0, 0.1) is 0 Å². The minimum absolute atomic E-state index is 0.0209. The lowest BCUT2D eigenvalue weighted by Gasteiger charge is -2.36. The monoisotopic (exact) mass is 342 g/mol. The van der Waals surface area contributed by atoms with Gasteiger partial charge in [-0.3, -0.25) is 14.6 Å². The van der Waals surface area contributed by atoms with Crippen molar-refractivity contribution >= 4 is 17.6 Å². The van der Waals surface area contributed by atoms with Gasteiger partial charge in [0.25, 0.3) is 5.91 Å². The second-order valence-corrected chi connectivity index (χ2v) is 7.14. The zero-order valence-corrected chi connectivity index (χ0v) is 14.6. The minimum atomic E-state index is -0.184. The molecule has 0 saturated carbocycles. The van der Waals surface area contributed by atoms with Crippen molar-refractivity contribution in [3.8, 4) is 0 Å². The molecule has 134 valence electrons. The highest BCUT2D eigenvalue weighted by Gasteiger charge is 2.45. The van der Waals surface area contributed by atoms with Crippen molar-refractivity contribution in [2.75, 3.05) is 50.7 Å². The van der Waals surface area contributed by atoms with Crippen LogP contribution >= 0.6 is 0 Å². The topological polar surface area (TPSA) is 47.1 Å². The van der Waals surface area contributed by atoms with E-state index in [0.29, 0.717) is 6.54 Å². The first kappa shape index (κ1) is 16.4. The SMILES string of the molecule is O=C1[C@H]2CCCCN2C(=O)N1CCN1CCN(c2ccccc2)CC1. The van der Waals surface area contributed by atoms with Crippen LogP contribution in [0.3, 0.4) is 0 Å². The number of nitrogens with zero attached hydrogens (tertiary/aromatic N) is 4. The highest BCUT2D eigenvalue weighted by molar-refractivity contribution is 6.04. The lowest BCUT2D eigenvalue weighted by molar-refractivity contribution is -0.129. The van der Waals surface area contributed by atoms with Crippen molar-refractivity contribution in [1.29, 1.82) is 0 Å². The van der Waals surface area contributed by atoms with E-state index in [9.17, 15) is 9.59 Å². The number of para-hydroxylation sites is 1. The highest BCUT2D eigenvalue weighted by atomic mass is 16.2. The van der Waals surface area contributed by atoms with Crippen molar-refractivity contribution < 1.29 is 9.59 Å². The van der Waals surface area contributed by atoms with E-state index >= 15 is 0 Å². The molecule has 3 saturated heterocycles. The molecule has 0 N–H and O–H groups in total. The number of rotatable bonds is 4. The van der Waals surface area contributed by atoms with E-state index in [4.69, 9.17) is 0 Å². The van der Waals surface area contributed by atoms with Crippen LogP contribution in [0.4, 0.5) is 10.5 Å². The molecule has 3 aliphatic heterocycles. The average Bonchev–Trinajstić information content (AvgIpc) is 2.92. The first-order valence-corrected chi connectivity index (χ1v) is 9.38. The van der Waals surface area contributed by atoms with Gasteiger partial charge in [0.15, 0.2) is 0 Å². The van der Waals surface area contributed by atoms with Crippen LogP contribution < -0.4 is 4.90 Å². The molecule has 0 unspecified atom stereocenters. The van der Waals surface area contributed by atoms with E-state index in [-0.39, 0.29) is 18.0 Å². The Morgan fingerprint density at radius 2 is 1.64 bits per heavy atom. The molecule has 3 heterocycles. The van der Waals surface area contributed by atoms with Crippen molar-refractivity contribution in [3.63, 3.8) is 0 Å². The number of hydrogen-bond acceptors (Lipinski definition) is 4. The number of imide groups is 1.